The van der Waals surface area contributed by atoms with Gasteiger partial charge in [0.15, 0.2) is 11.5 Å². The molecule has 4 aromatic rings. The molecular weight excluding hydrogens is 575 g/mol. The van der Waals surface area contributed by atoms with E-state index in [1.54, 1.807) is 38.5 Å². The third kappa shape index (κ3) is 7.08. The predicted molar refractivity (Wildman–Crippen MR) is 158 cm³/mol. The summed E-state index contributed by atoms with van der Waals surface area (Å²) in [6.07, 6.45) is 0.0157. The van der Waals surface area contributed by atoms with E-state index in [4.69, 9.17) is 19.9 Å². The number of methoxy groups -OCH3 is 2. The first-order chi connectivity index (χ1) is 21.2. The lowest BCUT2D eigenvalue weighted by atomic mass is 9.90. The number of carbonyl (C=O) groups excluding carboxylic acids is 1. The highest BCUT2D eigenvalue weighted by atomic mass is 19.4. The third-order valence-electron chi connectivity index (χ3n) is 7.93. The van der Waals surface area contributed by atoms with E-state index in [1.807, 2.05) is 12.1 Å². The van der Waals surface area contributed by atoms with E-state index < -0.39 is 23.7 Å². The van der Waals surface area contributed by atoms with Crippen molar-refractivity contribution in [2.45, 2.75) is 24.9 Å². The van der Waals surface area contributed by atoms with Crippen LogP contribution < -0.4 is 15.2 Å². The molecule has 1 unspecified atom stereocenters. The average Bonchev–Trinajstić information content (AvgIpc) is 3.02. The van der Waals surface area contributed by atoms with Crippen LogP contribution in [0.3, 0.4) is 0 Å². The molecule has 5 rings (SSSR count). The topological polar surface area (TPSA) is 113 Å². The summed E-state index contributed by atoms with van der Waals surface area (Å²) in [5.41, 5.74) is 7.44. The molecule has 1 atom stereocenters. The van der Waals surface area contributed by atoms with Crippen LogP contribution in [0.25, 0.3) is 22.2 Å². The lowest BCUT2D eigenvalue weighted by Gasteiger charge is -2.31. The van der Waals surface area contributed by atoms with Gasteiger partial charge in [-0.25, -0.2) is 9.97 Å². The van der Waals surface area contributed by atoms with Gasteiger partial charge in [-0.05, 0) is 55.1 Å². The molecule has 44 heavy (non-hydrogen) atoms. The van der Waals surface area contributed by atoms with Crippen molar-refractivity contribution in [2.75, 3.05) is 47.1 Å². The molecule has 12 heteroatoms. The summed E-state index contributed by atoms with van der Waals surface area (Å²) in [6, 6.07) is 12.7. The van der Waals surface area contributed by atoms with Crippen molar-refractivity contribution in [3.05, 3.63) is 77.9 Å². The van der Waals surface area contributed by atoms with Crippen molar-refractivity contribution in [2.24, 2.45) is 11.7 Å². The summed E-state index contributed by atoms with van der Waals surface area (Å²) < 4.78 is 56.0. The van der Waals surface area contributed by atoms with Gasteiger partial charge in [0.1, 0.15) is 12.0 Å². The normalized spacial score (nSPS) is 15.3. The fourth-order valence-electron chi connectivity index (χ4n) is 5.47. The van der Waals surface area contributed by atoms with Gasteiger partial charge in [-0.15, -0.1) is 0 Å². The SMILES string of the molecule is COCCN1CCC(COc2cc3ncnc(-c4ccc(C(C(N)=O)c5ccc(C(F)(F)F)nc5)cc4)c3cc2OC)CC1. The first kappa shape index (κ1) is 31.1. The molecule has 1 saturated heterocycles. The van der Waals surface area contributed by atoms with Gasteiger partial charge in [0.05, 0.1) is 37.5 Å². The van der Waals surface area contributed by atoms with Crippen molar-refractivity contribution in [3.63, 3.8) is 0 Å². The Morgan fingerprint density at radius 3 is 2.34 bits per heavy atom. The fourth-order valence-corrected chi connectivity index (χ4v) is 5.47. The maximum atomic E-state index is 13.0. The van der Waals surface area contributed by atoms with E-state index in [-0.39, 0.29) is 5.56 Å². The number of fused-ring (bicyclic) bond motifs is 1. The van der Waals surface area contributed by atoms with Gasteiger partial charge in [0, 0.05) is 36.9 Å². The van der Waals surface area contributed by atoms with Gasteiger partial charge < -0.3 is 24.8 Å². The first-order valence-corrected chi connectivity index (χ1v) is 14.3. The van der Waals surface area contributed by atoms with Crippen LogP contribution in [0.15, 0.2) is 61.1 Å². The number of pyridine rings is 1. The molecule has 0 bridgehead atoms. The number of rotatable bonds is 11. The third-order valence-corrected chi connectivity index (χ3v) is 7.93. The zero-order valence-electron chi connectivity index (χ0n) is 24.5. The molecule has 2 aromatic heterocycles. The van der Waals surface area contributed by atoms with Crippen molar-refractivity contribution in [3.8, 4) is 22.8 Å². The molecular formula is C32H34F3N5O4. The van der Waals surface area contributed by atoms with Gasteiger partial charge in [0.2, 0.25) is 5.91 Å². The second-order valence-electron chi connectivity index (χ2n) is 10.8. The lowest BCUT2D eigenvalue weighted by molar-refractivity contribution is -0.141. The minimum absolute atomic E-state index is 0.264. The molecule has 2 N–H and O–H groups in total. The molecule has 3 heterocycles. The van der Waals surface area contributed by atoms with E-state index >= 15 is 0 Å². The number of nitrogens with zero attached hydrogens (tertiary/aromatic N) is 4. The number of carbonyl (C=O) groups is 1. The molecule has 232 valence electrons. The van der Waals surface area contributed by atoms with E-state index in [1.165, 1.54) is 12.4 Å². The maximum absolute atomic E-state index is 13.0. The van der Waals surface area contributed by atoms with Crippen molar-refractivity contribution >= 4 is 16.8 Å². The van der Waals surface area contributed by atoms with Gasteiger partial charge in [-0.3, -0.25) is 9.78 Å². The van der Waals surface area contributed by atoms with Gasteiger partial charge >= 0.3 is 6.18 Å². The van der Waals surface area contributed by atoms with E-state index in [2.05, 4.69) is 19.9 Å². The Balaban J connectivity index is 1.34. The predicted octanol–water partition coefficient (Wildman–Crippen LogP) is 5.07. The molecule has 0 saturated carbocycles. The van der Waals surface area contributed by atoms with Crippen LogP contribution in [0, 0.1) is 5.92 Å². The lowest BCUT2D eigenvalue weighted by Crippen LogP contribution is -2.37. The van der Waals surface area contributed by atoms with Gasteiger partial charge in [0.25, 0.3) is 0 Å². The van der Waals surface area contributed by atoms with Gasteiger partial charge in [-0.1, -0.05) is 30.3 Å². The van der Waals surface area contributed by atoms with Crippen LogP contribution in [0.4, 0.5) is 13.2 Å². The van der Waals surface area contributed by atoms with Crippen LogP contribution in [0.5, 0.6) is 11.5 Å². The number of hydrogen-bond donors (Lipinski definition) is 1. The molecule has 1 fully saturated rings. The molecule has 1 aliphatic rings. The summed E-state index contributed by atoms with van der Waals surface area (Å²) in [7, 11) is 3.30. The summed E-state index contributed by atoms with van der Waals surface area (Å²) >= 11 is 0. The maximum Gasteiger partial charge on any atom is 0.433 e. The van der Waals surface area contributed by atoms with Crippen LogP contribution in [0.1, 0.15) is 35.6 Å². The Morgan fingerprint density at radius 2 is 1.73 bits per heavy atom. The van der Waals surface area contributed by atoms with Crippen molar-refractivity contribution < 1.29 is 32.2 Å². The Labute approximate surface area is 253 Å². The summed E-state index contributed by atoms with van der Waals surface area (Å²) in [4.78, 5) is 27.2. The monoisotopic (exact) mass is 609 g/mol. The zero-order chi connectivity index (χ0) is 31.3. The molecule has 0 radical (unpaired) electrons. The first-order valence-electron chi connectivity index (χ1n) is 14.3. The van der Waals surface area contributed by atoms with E-state index in [9.17, 15) is 18.0 Å². The fraction of sp³-hybridized carbons (Fsp3) is 0.375. The number of ether oxygens (including phenoxy) is 3. The van der Waals surface area contributed by atoms with Crippen molar-refractivity contribution in [1.29, 1.82) is 0 Å². The number of aromatic nitrogens is 3. The minimum Gasteiger partial charge on any atom is -0.493 e. The average molecular weight is 610 g/mol. The number of likely N-dealkylation sites (tertiary alicyclic amines) is 1. The van der Waals surface area contributed by atoms with Crippen LogP contribution >= 0.6 is 0 Å². The van der Waals surface area contributed by atoms with Gasteiger partial charge in [-0.2, -0.15) is 13.2 Å². The summed E-state index contributed by atoms with van der Waals surface area (Å²) in [6.45, 7) is 4.29. The van der Waals surface area contributed by atoms with E-state index in [0.717, 1.165) is 62.3 Å². The summed E-state index contributed by atoms with van der Waals surface area (Å²) in [5.74, 6) is -0.0714. The Kier molecular flexibility index (Phi) is 9.60. The number of primary amides is 1. The number of alkyl halides is 3. The highest BCUT2D eigenvalue weighted by molar-refractivity contribution is 5.94. The molecule has 1 aliphatic heterocycles. The van der Waals surface area contributed by atoms with E-state index in [0.29, 0.717) is 40.8 Å². The molecule has 1 amide bonds. The van der Waals surface area contributed by atoms with Crippen molar-refractivity contribution in [1.82, 2.24) is 19.9 Å². The van der Waals surface area contributed by atoms with Crippen LogP contribution in [0.2, 0.25) is 0 Å². The second kappa shape index (κ2) is 13.6. The number of halogens is 3. The van der Waals surface area contributed by atoms with Crippen LogP contribution in [-0.4, -0.2) is 72.8 Å². The molecule has 0 aliphatic carbocycles. The van der Waals surface area contributed by atoms with Crippen LogP contribution in [-0.2, 0) is 15.7 Å². The molecule has 9 nitrogen and oxygen atoms in total. The second-order valence-corrected chi connectivity index (χ2v) is 10.8. The highest BCUT2D eigenvalue weighted by Gasteiger charge is 2.33. The minimum atomic E-state index is -4.58. The highest BCUT2D eigenvalue weighted by Crippen LogP contribution is 2.37. The standard InChI is InChI=1S/C32H34F3N5O4/c1-42-14-13-40-11-9-20(10-12-40)18-44-27-16-25-24(15-26(27)43-2)30(39-19-38-25)22-5-3-21(4-6-22)29(31(36)41)23-7-8-28(37-17-23)32(33,34)35/h3-8,15-17,19-20,29H,9-14,18H2,1-2H3,(H2,36,41). The number of nitrogens with two attached hydrogens (primary N) is 1. The summed E-state index contributed by atoms with van der Waals surface area (Å²) in [5, 5.41) is 0.745. The molecule has 2 aromatic carbocycles. The zero-order valence-corrected chi connectivity index (χ0v) is 24.5. The largest absolute Gasteiger partial charge is 0.493 e. The Morgan fingerprint density at radius 1 is 1.00 bits per heavy atom. The number of piperidine rings is 1. The quantitative estimate of drug-likeness (QED) is 0.251. The number of hydrogen-bond acceptors (Lipinski definition) is 8. The molecule has 0 spiro atoms. The smallest absolute Gasteiger partial charge is 0.433 e. The number of amides is 1. The Bertz CT molecular complexity index is 1570. The Hall–Kier alpha value is -4.29. The number of benzene rings is 2.